The number of nitrogens with zero attached hydrogens (tertiary/aromatic N) is 2. The fourth-order valence-corrected chi connectivity index (χ4v) is 3.31. The Kier molecular flexibility index (Phi) is 3.01. The highest BCUT2D eigenvalue weighted by atomic mass is 79.9. The quantitative estimate of drug-likeness (QED) is 0.696. The number of thiazole rings is 1. The molecule has 0 N–H and O–H groups in total. The van der Waals surface area contributed by atoms with E-state index in [0.717, 1.165) is 31.2 Å². The van der Waals surface area contributed by atoms with Gasteiger partial charge in [-0.1, -0.05) is 39.3 Å². The van der Waals surface area contributed by atoms with Crippen LogP contribution >= 0.6 is 27.3 Å². The standard InChI is InChI=1S/C13H9BrN2OS/c1-8-10(6-16-17-8)12-7-15-13(18-12)9-4-2-3-5-11(9)14/h2-7H,1H3. The third-order valence-corrected chi connectivity index (χ3v) is 4.38. The Balaban J connectivity index is 2.05. The zero-order valence-corrected chi connectivity index (χ0v) is 12.0. The molecule has 2 heterocycles. The zero-order chi connectivity index (χ0) is 12.5. The number of hydrogen-bond donors (Lipinski definition) is 0. The van der Waals surface area contributed by atoms with Crippen LogP contribution in [0.15, 0.2) is 45.7 Å². The lowest BCUT2D eigenvalue weighted by Gasteiger charge is -1.98. The molecule has 0 radical (unpaired) electrons. The minimum absolute atomic E-state index is 0.817. The van der Waals surface area contributed by atoms with Crippen LogP contribution in [0.25, 0.3) is 21.0 Å². The van der Waals surface area contributed by atoms with E-state index in [1.165, 1.54) is 0 Å². The second kappa shape index (κ2) is 4.66. The predicted molar refractivity (Wildman–Crippen MR) is 75.5 cm³/mol. The van der Waals surface area contributed by atoms with Gasteiger partial charge in [0.05, 0.1) is 16.6 Å². The van der Waals surface area contributed by atoms with E-state index in [2.05, 4.69) is 26.1 Å². The summed E-state index contributed by atoms with van der Waals surface area (Å²) in [5, 5.41) is 4.78. The fraction of sp³-hybridized carbons (Fsp3) is 0.0769. The highest BCUT2D eigenvalue weighted by Gasteiger charge is 2.12. The molecule has 1 aromatic carbocycles. The average molecular weight is 321 g/mol. The zero-order valence-electron chi connectivity index (χ0n) is 9.55. The van der Waals surface area contributed by atoms with Crippen LogP contribution < -0.4 is 0 Å². The molecule has 2 aromatic heterocycles. The van der Waals surface area contributed by atoms with Crippen molar-refractivity contribution in [2.24, 2.45) is 0 Å². The van der Waals surface area contributed by atoms with Crippen LogP contribution in [-0.4, -0.2) is 10.1 Å². The molecule has 0 saturated carbocycles. The molecule has 90 valence electrons. The average Bonchev–Trinajstić information content (AvgIpc) is 2.98. The highest BCUT2D eigenvalue weighted by molar-refractivity contribution is 9.10. The Morgan fingerprint density at radius 3 is 2.72 bits per heavy atom. The maximum absolute atomic E-state index is 5.08. The molecule has 0 fully saturated rings. The van der Waals surface area contributed by atoms with Gasteiger partial charge >= 0.3 is 0 Å². The number of aromatic nitrogens is 2. The van der Waals surface area contributed by atoms with E-state index in [1.807, 2.05) is 37.4 Å². The van der Waals surface area contributed by atoms with Crippen LogP contribution in [0.5, 0.6) is 0 Å². The van der Waals surface area contributed by atoms with Crippen molar-refractivity contribution < 1.29 is 4.52 Å². The largest absolute Gasteiger partial charge is 0.361 e. The van der Waals surface area contributed by atoms with Gasteiger partial charge in [-0.25, -0.2) is 4.98 Å². The number of benzene rings is 1. The van der Waals surface area contributed by atoms with Crippen molar-refractivity contribution in [2.75, 3.05) is 0 Å². The van der Waals surface area contributed by atoms with Crippen molar-refractivity contribution in [3.05, 3.63) is 46.9 Å². The first-order valence-corrected chi connectivity index (χ1v) is 6.99. The highest BCUT2D eigenvalue weighted by Crippen LogP contribution is 2.36. The summed E-state index contributed by atoms with van der Waals surface area (Å²) in [5.74, 6) is 0.817. The van der Waals surface area contributed by atoms with Crippen LogP contribution in [0, 0.1) is 6.92 Å². The van der Waals surface area contributed by atoms with Gasteiger partial charge in [-0.05, 0) is 13.0 Å². The molecule has 0 unspecified atom stereocenters. The monoisotopic (exact) mass is 320 g/mol. The Bertz CT molecular complexity index is 690. The molecule has 0 saturated heterocycles. The Morgan fingerprint density at radius 1 is 1.17 bits per heavy atom. The molecule has 0 aliphatic heterocycles. The van der Waals surface area contributed by atoms with E-state index in [9.17, 15) is 0 Å². The molecule has 0 aliphatic carbocycles. The Morgan fingerprint density at radius 2 is 2.00 bits per heavy atom. The Labute approximate surface area is 117 Å². The van der Waals surface area contributed by atoms with Crippen LogP contribution in [0.4, 0.5) is 0 Å². The first-order valence-electron chi connectivity index (χ1n) is 5.38. The van der Waals surface area contributed by atoms with Gasteiger partial charge in [0, 0.05) is 16.2 Å². The van der Waals surface area contributed by atoms with E-state index < -0.39 is 0 Å². The van der Waals surface area contributed by atoms with Crippen molar-refractivity contribution in [1.29, 1.82) is 0 Å². The molecule has 0 amide bonds. The number of rotatable bonds is 2. The molecular formula is C13H9BrN2OS. The maximum atomic E-state index is 5.08. The number of halogens is 1. The van der Waals surface area contributed by atoms with Crippen molar-refractivity contribution >= 4 is 27.3 Å². The lowest BCUT2D eigenvalue weighted by atomic mass is 10.2. The van der Waals surface area contributed by atoms with Crippen molar-refractivity contribution in [3.63, 3.8) is 0 Å². The summed E-state index contributed by atoms with van der Waals surface area (Å²) in [5.41, 5.74) is 2.11. The number of hydrogen-bond acceptors (Lipinski definition) is 4. The summed E-state index contributed by atoms with van der Waals surface area (Å²) < 4.78 is 6.13. The van der Waals surface area contributed by atoms with E-state index >= 15 is 0 Å². The van der Waals surface area contributed by atoms with Crippen molar-refractivity contribution in [1.82, 2.24) is 10.1 Å². The van der Waals surface area contributed by atoms with Crippen molar-refractivity contribution in [3.8, 4) is 21.0 Å². The normalized spacial score (nSPS) is 10.8. The van der Waals surface area contributed by atoms with Crippen LogP contribution in [-0.2, 0) is 0 Å². The molecule has 0 atom stereocenters. The second-order valence-corrected chi connectivity index (χ2v) is 5.69. The van der Waals surface area contributed by atoms with Gasteiger partial charge < -0.3 is 4.52 Å². The minimum atomic E-state index is 0.817. The summed E-state index contributed by atoms with van der Waals surface area (Å²) in [4.78, 5) is 5.53. The van der Waals surface area contributed by atoms with Gasteiger partial charge in [0.2, 0.25) is 0 Å². The van der Waals surface area contributed by atoms with E-state index in [-0.39, 0.29) is 0 Å². The number of aryl methyl sites for hydroxylation is 1. The molecule has 18 heavy (non-hydrogen) atoms. The fourth-order valence-electron chi connectivity index (χ4n) is 1.69. The smallest absolute Gasteiger partial charge is 0.142 e. The summed E-state index contributed by atoms with van der Waals surface area (Å²) in [7, 11) is 0. The lowest BCUT2D eigenvalue weighted by Crippen LogP contribution is -1.75. The molecular weight excluding hydrogens is 312 g/mol. The van der Waals surface area contributed by atoms with Crippen LogP contribution in [0.1, 0.15) is 5.76 Å². The van der Waals surface area contributed by atoms with Gasteiger partial charge in [0.25, 0.3) is 0 Å². The molecule has 0 spiro atoms. The minimum Gasteiger partial charge on any atom is -0.361 e. The third-order valence-electron chi connectivity index (χ3n) is 2.63. The first-order chi connectivity index (χ1) is 8.75. The molecule has 0 aliphatic rings. The third kappa shape index (κ3) is 2.00. The molecule has 5 heteroatoms. The van der Waals surface area contributed by atoms with Gasteiger partial charge in [-0.15, -0.1) is 11.3 Å². The molecule has 3 rings (SSSR count). The molecule has 0 bridgehead atoms. The molecule has 3 nitrogen and oxygen atoms in total. The van der Waals surface area contributed by atoms with E-state index in [1.54, 1.807) is 17.5 Å². The van der Waals surface area contributed by atoms with Crippen molar-refractivity contribution in [2.45, 2.75) is 6.92 Å². The summed E-state index contributed by atoms with van der Waals surface area (Å²) >= 11 is 5.17. The lowest BCUT2D eigenvalue weighted by molar-refractivity contribution is 0.398. The van der Waals surface area contributed by atoms with Gasteiger partial charge in [-0.2, -0.15) is 0 Å². The molecule has 3 aromatic rings. The maximum Gasteiger partial charge on any atom is 0.142 e. The second-order valence-electron chi connectivity index (χ2n) is 3.81. The van der Waals surface area contributed by atoms with Gasteiger partial charge in [0.1, 0.15) is 10.8 Å². The first kappa shape index (κ1) is 11.6. The summed E-state index contributed by atoms with van der Waals surface area (Å²) in [6, 6.07) is 8.06. The summed E-state index contributed by atoms with van der Waals surface area (Å²) in [6.07, 6.45) is 3.59. The Hall–Kier alpha value is -1.46. The van der Waals surface area contributed by atoms with Gasteiger partial charge in [-0.3, -0.25) is 0 Å². The SMILES string of the molecule is Cc1oncc1-c1cnc(-c2ccccc2Br)s1. The summed E-state index contributed by atoms with van der Waals surface area (Å²) in [6.45, 7) is 1.90. The topological polar surface area (TPSA) is 38.9 Å². The van der Waals surface area contributed by atoms with E-state index in [4.69, 9.17) is 4.52 Å². The van der Waals surface area contributed by atoms with Crippen LogP contribution in [0.3, 0.4) is 0 Å². The van der Waals surface area contributed by atoms with Gasteiger partial charge in [0.15, 0.2) is 0 Å². The predicted octanol–water partition coefficient (Wildman–Crippen LogP) is 4.54. The van der Waals surface area contributed by atoms with Crippen LogP contribution in [0.2, 0.25) is 0 Å². The van der Waals surface area contributed by atoms with E-state index in [0.29, 0.717) is 0 Å².